The van der Waals surface area contributed by atoms with E-state index in [4.69, 9.17) is 32.4 Å². The van der Waals surface area contributed by atoms with Crippen LogP contribution in [0.15, 0.2) is 10.5 Å². The first-order valence-electron chi connectivity index (χ1n) is 6.54. The van der Waals surface area contributed by atoms with E-state index < -0.39 is 5.97 Å². The van der Waals surface area contributed by atoms with E-state index in [9.17, 15) is 4.79 Å². The van der Waals surface area contributed by atoms with Gasteiger partial charge in [0.2, 0.25) is 11.7 Å². The lowest BCUT2D eigenvalue weighted by atomic mass is 10.1. The van der Waals surface area contributed by atoms with Crippen molar-refractivity contribution < 1.29 is 13.9 Å². The van der Waals surface area contributed by atoms with Crippen LogP contribution < -0.4 is 0 Å². The third-order valence-corrected chi connectivity index (χ3v) is 4.13. The molecule has 2 heterocycles. The van der Waals surface area contributed by atoms with Crippen molar-refractivity contribution >= 4 is 40.5 Å². The Kier molecular flexibility index (Phi) is 5.30. The zero-order chi connectivity index (χ0) is 15.6. The van der Waals surface area contributed by atoms with E-state index in [1.54, 1.807) is 13.0 Å². The van der Waals surface area contributed by atoms with E-state index in [0.717, 1.165) is 0 Å². The molecule has 0 fully saturated rings. The number of rotatable bonds is 5. The molecule has 0 aliphatic carbocycles. The van der Waals surface area contributed by atoms with Gasteiger partial charge < -0.3 is 9.15 Å². The molecule has 2 aromatic rings. The van der Waals surface area contributed by atoms with E-state index in [1.807, 2.05) is 13.8 Å². The summed E-state index contributed by atoms with van der Waals surface area (Å²) in [5.41, 5.74) is 1.17. The van der Waals surface area contributed by atoms with Gasteiger partial charge in [-0.05, 0) is 25.3 Å². The van der Waals surface area contributed by atoms with Crippen LogP contribution >= 0.6 is 34.5 Å². The summed E-state index contributed by atoms with van der Waals surface area (Å²) in [6.45, 7) is 6.10. The molecule has 21 heavy (non-hydrogen) atoms. The van der Waals surface area contributed by atoms with Gasteiger partial charge in [-0.3, -0.25) is 0 Å². The van der Waals surface area contributed by atoms with Crippen LogP contribution in [0.3, 0.4) is 0 Å². The van der Waals surface area contributed by atoms with Crippen LogP contribution in [-0.4, -0.2) is 17.6 Å². The van der Waals surface area contributed by atoms with Gasteiger partial charge in [0.05, 0.1) is 22.2 Å². The Morgan fingerprint density at radius 3 is 2.71 bits per heavy atom. The molecule has 0 radical (unpaired) electrons. The molecule has 114 valence electrons. The van der Waals surface area contributed by atoms with Gasteiger partial charge in [0.25, 0.3) is 0 Å². The van der Waals surface area contributed by atoms with Crippen LogP contribution in [0.2, 0.25) is 8.67 Å². The van der Waals surface area contributed by atoms with Crippen LogP contribution in [0.5, 0.6) is 0 Å². The van der Waals surface area contributed by atoms with Gasteiger partial charge in [0, 0.05) is 0 Å². The van der Waals surface area contributed by atoms with Gasteiger partial charge in [0.1, 0.15) is 4.34 Å². The molecule has 7 heteroatoms. The maximum atomic E-state index is 12.0. The molecular formula is C14H15Cl2NO3S. The SMILES string of the molecule is CCOC(=O)c1oc(-c2cc(Cl)sc2Cl)nc1CC(C)C. The summed E-state index contributed by atoms with van der Waals surface area (Å²) in [4.78, 5) is 16.4. The number of oxazole rings is 1. The smallest absolute Gasteiger partial charge is 0.376 e. The molecule has 0 unspecified atom stereocenters. The molecule has 0 saturated carbocycles. The Morgan fingerprint density at radius 2 is 2.19 bits per heavy atom. The van der Waals surface area contributed by atoms with Crippen molar-refractivity contribution in [1.29, 1.82) is 0 Å². The first-order chi connectivity index (χ1) is 9.92. The van der Waals surface area contributed by atoms with Crippen molar-refractivity contribution in [2.45, 2.75) is 27.2 Å². The van der Waals surface area contributed by atoms with Crippen molar-refractivity contribution in [3.05, 3.63) is 26.2 Å². The molecule has 2 aromatic heterocycles. The molecule has 0 aliphatic rings. The van der Waals surface area contributed by atoms with Crippen LogP contribution in [0.1, 0.15) is 37.0 Å². The lowest BCUT2D eigenvalue weighted by Crippen LogP contribution is -2.08. The standard InChI is InChI=1S/C14H15Cl2NO3S/c1-4-19-14(18)11-9(5-7(2)3)17-13(20-11)8-6-10(15)21-12(8)16/h6-7H,4-5H2,1-3H3. The van der Waals surface area contributed by atoms with Crippen molar-refractivity contribution in [2.75, 3.05) is 6.61 Å². The zero-order valence-corrected chi connectivity index (χ0v) is 14.2. The molecule has 0 spiro atoms. The molecule has 4 nitrogen and oxygen atoms in total. The molecular weight excluding hydrogens is 333 g/mol. The van der Waals surface area contributed by atoms with E-state index in [1.165, 1.54) is 11.3 Å². The van der Waals surface area contributed by atoms with Crippen LogP contribution in [-0.2, 0) is 11.2 Å². The number of thiophene rings is 1. The van der Waals surface area contributed by atoms with Crippen molar-refractivity contribution in [2.24, 2.45) is 5.92 Å². The van der Waals surface area contributed by atoms with E-state index in [2.05, 4.69) is 4.98 Å². The van der Waals surface area contributed by atoms with E-state index in [-0.39, 0.29) is 12.4 Å². The topological polar surface area (TPSA) is 52.3 Å². The van der Waals surface area contributed by atoms with Gasteiger partial charge in [-0.1, -0.05) is 37.0 Å². The average Bonchev–Trinajstić information content (AvgIpc) is 2.92. The fourth-order valence-corrected chi connectivity index (χ4v) is 3.28. The predicted octanol–water partition coefficient (Wildman–Crippen LogP) is 5.09. The van der Waals surface area contributed by atoms with Crippen molar-refractivity contribution in [3.63, 3.8) is 0 Å². The van der Waals surface area contributed by atoms with Crippen LogP contribution in [0, 0.1) is 5.92 Å². The number of aromatic nitrogens is 1. The number of carbonyl (C=O) groups excluding carboxylic acids is 1. The molecule has 0 saturated heterocycles. The summed E-state index contributed by atoms with van der Waals surface area (Å²) >= 11 is 13.3. The van der Waals surface area contributed by atoms with Gasteiger partial charge >= 0.3 is 5.97 Å². The number of esters is 1. The normalized spacial score (nSPS) is 11.1. The summed E-state index contributed by atoms with van der Waals surface area (Å²) < 4.78 is 11.6. The highest BCUT2D eigenvalue weighted by Gasteiger charge is 2.24. The molecule has 0 amide bonds. The highest BCUT2D eigenvalue weighted by Crippen LogP contribution is 2.38. The number of hydrogen-bond donors (Lipinski definition) is 0. The highest BCUT2D eigenvalue weighted by molar-refractivity contribution is 7.20. The highest BCUT2D eigenvalue weighted by atomic mass is 35.5. The number of halogens is 2. The maximum Gasteiger partial charge on any atom is 0.376 e. The minimum absolute atomic E-state index is 0.138. The summed E-state index contributed by atoms with van der Waals surface area (Å²) in [5.74, 6) is 0.253. The van der Waals surface area contributed by atoms with Gasteiger partial charge in [0.15, 0.2) is 0 Å². The third kappa shape index (κ3) is 3.78. The second kappa shape index (κ2) is 6.81. The predicted molar refractivity (Wildman–Crippen MR) is 84.3 cm³/mol. The lowest BCUT2D eigenvalue weighted by Gasteiger charge is -2.02. The Hall–Kier alpha value is -1.04. The number of hydrogen-bond acceptors (Lipinski definition) is 5. The lowest BCUT2D eigenvalue weighted by molar-refractivity contribution is 0.0489. The minimum Gasteiger partial charge on any atom is -0.460 e. The molecule has 0 bridgehead atoms. The Labute approximate surface area is 137 Å². The molecule has 0 N–H and O–H groups in total. The monoisotopic (exact) mass is 347 g/mol. The molecule has 0 aliphatic heterocycles. The summed E-state index contributed by atoms with van der Waals surface area (Å²) in [5, 5.41) is 0. The van der Waals surface area contributed by atoms with Gasteiger partial charge in [-0.25, -0.2) is 9.78 Å². The summed E-state index contributed by atoms with van der Waals surface area (Å²) in [6.07, 6.45) is 0.618. The fraction of sp³-hybridized carbons (Fsp3) is 0.429. The van der Waals surface area contributed by atoms with Crippen LogP contribution in [0.25, 0.3) is 11.5 Å². The third-order valence-electron chi connectivity index (χ3n) is 2.65. The maximum absolute atomic E-state index is 12.0. The van der Waals surface area contributed by atoms with Gasteiger partial charge in [-0.2, -0.15) is 0 Å². The number of nitrogens with zero attached hydrogens (tertiary/aromatic N) is 1. The number of carbonyl (C=O) groups is 1. The Bertz CT molecular complexity index is 649. The van der Waals surface area contributed by atoms with E-state index in [0.29, 0.717) is 38.2 Å². The van der Waals surface area contributed by atoms with Crippen molar-refractivity contribution in [3.8, 4) is 11.5 Å². The largest absolute Gasteiger partial charge is 0.460 e. The first-order valence-corrected chi connectivity index (χ1v) is 8.11. The average molecular weight is 348 g/mol. The molecule has 0 atom stereocenters. The van der Waals surface area contributed by atoms with Crippen LogP contribution in [0.4, 0.5) is 0 Å². The quantitative estimate of drug-likeness (QED) is 0.707. The fourth-order valence-electron chi connectivity index (χ4n) is 1.83. The zero-order valence-electron chi connectivity index (χ0n) is 11.9. The summed E-state index contributed by atoms with van der Waals surface area (Å²) in [6, 6.07) is 1.68. The molecule has 2 rings (SSSR count). The second-order valence-electron chi connectivity index (χ2n) is 4.85. The van der Waals surface area contributed by atoms with Crippen molar-refractivity contribution in [1.82, 2.24) is 4.98 Å². The first kappa shape index (κ1) is 16.3. The summed E-state index contributed by atoms with van der Waals surface area (Å²) in [7, 11) is 0. The second-order valence-corrected chi connectivity index (χ2v) is 7.14. The number of ether oxygens (including phenoxy) is 1. The van der Waals surface area contributed by atoms with Gasteiger partial charge in [-0.15, -0.1) is 11.3 Å². The Morgan fingerprint density at radius 1 is 1.48 bits per heavy atom. The van der Waals surface area contributed by atoms with E-state index >= 15 is 0 Å². The Balaban J connectivity index is 2.44. The molecule has 0 aromatic carbocycles. The minimum atomic E-state index is -0.510.